The van der Waals surface area contributed by atoms with Gasteiger partial charge >= 0.3 is 5.24 Å². The molecule has 3 heteroatoms. The fourth-order valence-electron chi connectivity index (χ4n) is 2.02. The largest absolute Gasteiger partial charge is 0.372 e. The van der Waals surface area contributed by atoms with Crippen molar-refractivity contribution in [3.05, 3.63) is 0 Å². The van der Waals surface area contributed by atoms with Crippen molar-refractivity contribution in [2.24, 2.45) is 11.8 Å². The van der Waals surface area contributed by atoms with Crippen LogP contribution in [0.3, 0.4) is 0 Å². The molecule has 0 radical (unpaired) electrons. The maximum absolute atomic E-state index is 11.6. The molecule has 0 saturated carbocycles. The van der Waals surface area contributed by atoms with Crippen LogP contribution in [0.1, 0.15) is 34.6 Å². The van der Waals surface area contributed by atoms with Gasteiger partial charge in [0, 0.05) is 11.8 Å². The SMILES string of the molecule is CC[N+](CC(C)C)(CC(C)C)C(=O)S. The van der Waals surface area contributed by atoms with E-state index in [1.807, 2.05) is 0 Å². The van der Waals surface area contributed by atoms with Crippen LogP contribution in [-0.2, 0) is 0 Å². The Hall–Kier alpha value is -0.0200. The third-order valence-electron chi connectivity index (χ3n) is 2.44. The Labute approximate surface area is 93.7 Å². The first kappa shape index (κ1) is 14.0. The third kappa shape index (κ3) is 4.01. The summed E-state index contributed by atoms with van der Waals surface area (Å²) in [5.74, 6) is 1.06. The molecule has 0 aliphatic heterocycles. The van der Waals surface area contributed by atoms with E-state index in [2.05, 4.69) is 47.2 Å². The summed E-state index contributed by atoms with van der Waals surface area (Å²) in [6.45, 7) is 13.3. The second-order valence-corrected chi connectivity index (χ2v) is 5.28. The van der Waals surface area contributed by atoms with E-state index in [9.17, 15) is 4.79 Å². The molecule has 0 saturated heterocycles. The average molecular weight is 218 g/mol. The fraction of sp³-hybridized carbons (Fsp3) is 0.909. The van der Waals surface area contributed by atoms with Crippen molar-refractivity contribution in [1.82, 2.24) is 0 Å². The molecular formula is C11H24NOS+. The van der Waals surface area contributed by atoms with Gasteiger partial charge in [-0.05, 0) is 19.6 Å². The molecule has 1 amide bonds. The van der Waals surface area contributed by atoms with Crippen molar-refractivity contribution in [2.75, 3.05) is 19.6 Å². The molecule has 2 nitrogen and oxygen atoms in total. The maximum Gasteiger partial charge on any atom is 0.372 e. The molecule has 84 valence electrons. The number of rotatable bonds is 5. The van der Waals surface area contributed by atoms with Crippen molar-refractivity contribution in [3.8, 4) is 0 Å². The van der Waals surface area contributed by atoms with Crippen LogP contribution in [0.25, 0.3) is 0 Å². The maximum atomic E-state index is 11.6. The van der Waals surface area contributed by atoms with E-state index in [1.54, 1.807) is 0 Å². The van der Waals surface area contributed by atoms with Crippen LogP contribution in [0, 0.1) is 11.8 Å². The smallest absolute Gasteiger partial charge is 0.250 e. The van der Waals surface area contributed by atoms with E-state index < -0.39 is 0 Å². The topological polar surface area (TPSA) is 17.1 Å². The molecule has 0 atom stereocenters. The first-order chi connectivity index (χ1) is 6.34. The van der Waals surface area contributed by atoms with E-state index in [1.165, 1.54) is 0 Å². The van der Waals surface area contributed by atoms with Gasteiger partial charge in [-0.15, -0.1) is 0 Å². The Bertz CT molecular complexity index is 180. The molecule has 0 rings (SSSR count). The Morgan fingerprint density at radius 3 is 1.64 bits per heavy atom. The highest BCUT2D eigenvalue weighted by Gasteiger charge is 2.33. The summed E-state index contributed by atoms with van der Waals surface area (Å²) in [7, 11) is 0. The molecule has 0 heterocycles. The van der Waals surface area contributed by atoms with Gasteiger partial charge in [-0.25, -0.2) is 4.79 Å². The van der Waals surface area contributed by atoms with Gasteiger partial charge in [0.1, 0.15) is 0 Å². The summed E-state index contributed by atoms with van der Waals surface area (Å²) >= 11 is 4.04. The predicted molar refractivity (Wildman–Crippen MR) is 64.6 cm³/mol. The van der Waals surface area contributed by atoms with Crippen LogP contribution in [0.15, 0.2) is 0 Å². The predicted octanol–water partition coefficient (Wildman–Crippen LogP) is 3.18. The number of hydrogen-bond acceptors (Lipinski definition) is 1. The lowest BCUT2D eigenvalue weighted by molar-refractivity contribution is -0.848. The van der Waals surface area contributed by atoms with Gasteiger partial charge in [-0.2, -0.15) is 0 Å². The van der Waals surface area contributed by atoms with Crippen molar-refractivity contribution >= 4 is 17.9 Å². The van der Waals surface area contributed by atoms with Crippen molar-refractivity contribution in [3.63, 3.8) is 0 Å². The van der Waals surface area contributed by atoms with Gasteiger partial charge in [-0.3, -0.25) is 4.48 Å². The first-order valence-corrected chi connectivity index (χ1v) is 5.88. The molecule has 14 heavy (non-hydrogen) atoms. The second-order valence-electron chi connectivity index (χ2n) is 4.90. The molecule has 0 aromatic heterocycles. The Morgan fingerprint density at radius 2 is 1.50 bits per heavy atom. The average Bonchev–Trinajstić information content (AvgIpc) is 2.00. The summed E-state index contributed by atoms with van der Waals surface area (Å²) in [6, 6.07) is 0. The summed E-state index contributed by atoms with van der Waals surface area (Å²) < 4.78 is 0.512. The number of nitrogens with zero attached hydrogens (tertiary/aromatic N) is 1. The Morgan fingerprint density at radius 1 is 1.14 bits per heavy atom. The standard InChI is InChI=1S/C11H23NOS/c1-6-12(11(13)14,7-9(2)3)8-10(4)5/h9-10H,6-8H2,1-5H3/p+1. The summed E-state index contributed by atoms with van der Waals surface area (Å²) in [4.78, 5) is 11.6. The molecule has 0 N–H and O–H groups in total. The van der Waals surface area contributed by atoms with Crippen molar-refractivity contribution in [1.29, 1.82) is 0 Å². The summed E-state index contributed by atoms with van der Waals surface area (Å²) in [5.41, 5.74) is 0. The summed E-state index contributed by atoms with van der Waals surface area (Å²) in [5, 5.41) is 0.00917. The van der Waals surface area contributed by atoms with Crippen LogP contribution in [0.5, 0.6) is 0 Å². The van der Waals surface area contributed by atoms with Gasteiger partial charge < -0.3 is 0 Å². The molecular weight excluding hydrogens is 194 g/mol. The van der Waals surface area contributed by atoms with E-state index in [-0.39, 0.29) is 5.24 Å². The van der Waals surface area contributed by atoms with Gasteiger partial charge in [0.15, 0.2) is 0 Å². The number of carbonyl (C=O) groups is 1. The first-order valence-electron chi connectivity index (χ1n) is 5.43. The highest BCUT2D eigenvalue weighted by Crippen LogP contribution is 2.18. The van der Waals surface area contributed by atoms with E-state index in [0.29, 0.717) is 16.3 Å². The highest BCUT2D eigenvalue weighted by molar-refractivity contribution is 7.96. The quantitative estimate of drug-likeness (QED) is 0.554. The fourth-order valence-corrected chi connectivity index (χ4v) is 2.33. The molecule has 0 aromatic rings. The molecule has 0 aliphatic carbocycles. The van der Waals surface area contributed by atoms with E-state index in [4.69, 9.17) is 0 Å². The summed E-state index contributed by atoms with van der Waals surface area (Å²) in [6.07, 6.45) is 0. The van der Waals surface area contributed by atoms with Crippen LogP contribution in [0.4, 0.5) is 4.79 Å². The minimum Gasteiger partial charge on any atom is -0.250 e. The number of hydrogen-bond donors (Lipinski definition) is 1. The van der Waals surface area contributed by atoms with Gasteiger partial charge in [0.2, 0.25) is 0 Å². The number of carbonyl (C=O) groups excluding carboxylic acids is 1. The van der Waals surface area contributed by atoms with Crippen molar-refractivity contribution < 1.29 is 9.28 Å². The Kier molecular flexibility index (Phi) is 5.75. The van der Waals surface area contributed by atoms with Crippen LogP contribution in [0.2, 0.25) is 0 Å². The van der Waals surface area contributed by atoms with Gasteiger partial charge in [-0.1, -0.05) is 27.7 Å². The molecule has 0 fully saturated rings. The van der Waals surface area contributed by atoms with E-state index >= 15 is 0 Å². The normalized spacial score (nSPS) is 12.6. The molecule has 0 aromatic carbocycles. The molecule has 0 spiro atoms. The van der Waals surface area contributed by atoms with Gasteiger partial charge in [0.25, 0.3) is 0 Å². The highest BCUT2D eigenvalue weighted by atomic mass is 32.1. The lowest BCUT2D eigenvalue weighted by atomic mass is 10.1. The number of thiol groups is 1. The zero-order valence-electron chi connectivity index (χ0n) is 10.1. The minimum atomic E-state index is 0.00917. The number of amides is 1. The zero-order valence-corrected chi connectivity index (χ0v) is 11.0. The van der Waals surface area contributed by atoms with Crippen LogP contribution in [-0.4, -0.2) is 29.4 Å². The van der Waals surface area contributed by atoms with Crippen LogP contribution >= 0.6 is 12.6 Å². The van der Waals surface area contributed by atoms with Gasteiger partial charge in [0.05, 0.1) is 19.6 Å². The molecule has 0 unspecified atom stereocenters. The van der Waals surface area contributed by atoms with Crippen molar-refractivity contribution in [2.45, 2.75) is 34.6 Å². The molecule has 0 aliphatic rings. The monoisotopic (exact) mass is 218 g/mol. The Balaban J connectivity index is 4.69. The third-order valence-corrected chi connectivity index (χ3v) is 2.86. The minimum absolute atomic E-state index is 0.00917. The zero-order chi connectivity index (χ0) is 11.4. The van der Waals surface area contributed by atoms with Crippen LogP contribution < -0.4 is 0 Å². The lowest BCUT2D eigenvalue weighted by Crippen LogP contribution is -2.54. The molecule has 0 bridgehead atoms. The lowest BCUT2D eigenvalue weighted by Gasteiger charge is -2.36. The second kappa shape index (κ2) is 5.76. The van der Waals surface area contributed by atoms with E-state index in [0.717, 1.165) is 19.6 Å². The number of quaternary nitrogens is 1.